The van der Waals surface area contributed by atoms with Crippen LogP contribution in [0.25, 0.3) is 0 Å². The molecule has 0 radical (unpaired) electrons. The summed E-state index contributed by atoms with van der Waals surface area (Å²) in [5.74, 6) is 0.707. The summed E-state index contributed by atoms with van der Waals surface area (Å²) in [5.41, 5.74) is 0. The minimum Gasteiger partial charge on any atom is -0.315 e. The molecule has 0 rings (SSSR count). The Balaban J connectivity index is 3.81. The first-order valence-electron chi connectivity index (χ1n) is 3.32. The molecular weight excluding hydrogens is 128 g/mol. The van der Waals surface area contributed by atoms with Crippen molar-refractivity contribution in [3.8, 4) is 0 Å². The van der Waals surface area contributed by atoms with Gasteiger partial charge in [0.1, 0.15) is 0 Å². The third-order valence-electron chi connectivity index (χ3n) is 1.16. The number of nitrogens with one attached hydrogen (secondary N) is 1. The Morgan fingerprint density at radius 3 is 2.30 bits per heavy atom. The van der Waals surface area contributed by atoms with E-state index in [4.69, 9.17) is 0 Å². The fourth-order valence-corrected chi connectivity index (χ4v) is 0.379. The zero-order valence-electron chi connectivity index (χ0n) is 6.93. The minimum absolute atomic E-state index is 0.0168. The molecule has 0 heterocycles. The largest absolute Gasteiger partial charge is 0.315 e. The second kappa shape index (κ2) is 4.04. The van der Waals surface area contributed by atoms with Crippen molar-refractivity contribution in [2.45, 2.75) is 20.8 Å². The quantitative estimate of drug-likeness (QED) is 0.427. The van der Waals surface area contributed by atoms with Crippen LogP contribution in [0.1, 0.15) is 20.8 Å². The van der Waals surface area contributed by atoms with Crippen molar-refractivity contribution in [3.63, 3.8) is 0 Å². The number of hydrogen-bond acceptors (Lipinski definition) is 2. The van der Waals surface area contributed by atoms with Crippen LogP contribution in [0.4, 0.5) is 0 Å². The van der Waals surface area contributed by atoms with Crippen molar-refractivity contribution in [3.05, 3.63) is 0 Å². The molecule has 0 fully saturated rings. The van der Waals surface area contributed by atoms with Gasteiger partial charge >= 0.3 is 0 Å². The van der Waals surface area contributed by atoms with Crippen LogP contribution in [0.15, 0.2) is 4.99 Å². The summed E-state index contributed by atoms with van der Waals surface area (Å²) in [6.45, 7) is 5.46. The lowest BCUT2D eigenvalue weighted by atomic mass is 10.2. The van der Waals surface area contributed by atoms with Crippen molar-refractivity contribution in [2.75, 3.05) is 7.05 Å². The minimum atomic E-state index is 0.0168. The van der Waals surface area contributed by atoms with Crippen molar-refractivity contribution >= 4 is 11.7 Å². The number of amides is 1. The van der Waals surface area contributed by atoms with E-state index in [2.05, 4.69) is 10.3 Å². The summed E-state index contributed by atoms with van der Waals surface area (Å²) >= 11 is 0. The molecule has 0 spiro atoms. The van der Waals surface area contributed by atoms with Crippen LogP contribution >= 0.6 is 0 Å². The number of aliphatic imine (C=N–C) groups is 1. The Labute approximate surface area is 61.5 Å². The molecule has 0 aliphatic carbocycles. The molecule has 0 aromatic carbocycles. The third kappa shape index (κ3) is 3.22. The average Bonchev–Trinajstić information content (AvgIpc) is 1.87. The molecule has 3 nitrogen and oxygen atoms in total. The van der Waals surface area contributed by atoms with Gasteiger partial charge in [0.2, 0.25) is 5.91 Å². The van der Waals surface area contributed by atoms with Crippen LogP contribution in [0.2, 0.25) is 0 Å². The number of carbonyl (C=O) groups is 1. The van der Waals surface area contributed by atoms with Crippen LogP contribution in [-0.4, -0.2) is 18.8 Å². The second-order valence-electron chi connectivity index (χ2n) is 2.45. The highest BCUT2D eigenvalue weighted by atomic mass is 16.1. The maximum absolute atomic E-state index is 10.9. The molecule has 58 valence electrons. The highest BCUT2D eigenvalue weighted by molar-refractivity contribution is 5.97. The first-order valence-corrected chi connectivity index (χ1v) is 3.32. The molecule has 0 aliphatic rings. The van der Waals surface area contributed by atoms with Crippen molar-refractivity contribution in [2.24, 2.45) is 10.9 Å². The van der Waals surface area contributed by atoms with Gasteiger partial charge in [-0.3, -0.25) is 9.79 Å². The lowest BCUT2D eigenvalue weighted by Gasteiger charge is -2.05. The van der Waals surface area contributed by atoms with Gasteiger partial charge in [-0.2, -0.15) is 0 Å². The third-order valence-corrected chi connectivity index (χ3v) is 1.16. The molecule has 0 aromatic rings. The Bertz CT molecular complexity index is 150. The van der Waals surface area contributed by atoms with Crippen LogP contribution in [0, 0.1) is 5.92 Å². The van der Waals surface area contributed by atoms with E-state index in [9.17, 15) is 4.79 Å². The molecule has 3 heteroatoms. The molecule has 0 aromatic heterocycles. The van der Waals surface area contributed by atoms with E-state index in [0.29, 0.717) is 5.84 Å². The first-order chi connectivity index (χ1) is 4.57. The van der Waals surface area contributed by atoms with Gasteiger partial charge in [-0.05, 0) is 6.92 Å². The van der Waals surface area contributed by atoms with Gasteiger partial charge in [-0.15, -0.1) is 0 Å². The van der Waals surface area contributed by atoms with Crippen LogP contribution < -0.4 is 5.32 Å². The fraction of sp³-hybridized carbons (Fsp3) is 0.714. The summed E-state index contributed by atoms with van der Waals surface area (Å²) in [6.07, 6.45) is 0. The molecule has 0 saturated heterocycles. The zero-order valence-corrected chi connectivity index (χ0v) is 6.93. The van der Waals surface area contributed by atoms with E-state index in [1.807, 2.05) is 13.8 Å². The lowest BCUT2D eigenvalue weighted by Crippen LogP contribution is -2.31. The van der Waals surface area contributed by atoms with Gasteiger partial charge in [-0.25, -0.2) is 0 Å². The maximum Gasteiger partial charge on any atom is 0.227 e. The summed E-state index contributed by atoms with van der Waals surface area (Å²) in [4.78, 5) is 14.7. The molecule has 0 atom stereocenters. The van der Waals surface area contributed by atoms with Crippen molar-refractivity contribution in [1.29, 1.82) is 0 Å². The Morgan fingerprint density at radius 2 is 2.00 bits per heavy atom. The molecule has 0 bridgehead atoms. The number of carbonyl (C=O) groups excluding carboxylic acids is 1. The summed E-state index contributed by atoms with van der Waals surface area (Å²) in [7, 11) is 1.65. The Morgan fingerprint density at radius 1 is 1.50 bits per heavy atom. The van der Waals surface area contributed by atoms with Crippen LogP contribution in [0.3, 0.4) is 0 Å². The first kappa shape index (κ1) is 9.14. The SMILES string of the molecule is CN=C(C)NC(=O)C(C)C. The standard InChI is InChI=1S/C7H14N2O/c1-5(2)7(10)9-6(3)8-4/h5H,1-4H3,(H,8,9,10). The van der Waals surface area contributed by atoms with E-state index in [1.54, 1.807) is 14.0 Å². The van der Waals surface area contributed by atoms with E-state index in [0.717, 1.165) is 0 Å². The van der Waals surface area contributed by atoms with Crippen molar-refractivity contribution in [1.82, 2.24) is 5.32 Å². The predicted molar refractivity (Wildman–Crippen MR) is 42.0 cm³/mol. The van der Waals surface area contributed by atoms with E-state index in [-0.39, 0.29) is 11.8 Å². The van der Waals surface area contributed by atoms with Gasteiger partial charge in [0.05, 0.1) is 5.84 Å². The normalized spacial score (nSPS) is 11.9. The van der Waals surface area contributed by atoms with Gasteiger partial charge in [0.15, 0.2) is 0 Å². The molecule has 0 aliphatic heterocycles. The van der Waals surface area contributed by atoms with Gasteiger partial charge in [0, 0.05) is 13.0 Å². The number of rotatable bonds is 1. The monoisotopic (exact) mass is 142 g/mol. The van der Waals surface area contributed by atoms with E-state index < -0.39 is 0 Å². The molecule has 1 amide bonds. The number of nitrogens with zero attached hydrogens (tertiary/aromatic N) is 1. The van der Waals surface area contributed by atoms with Crippen molar-refractivity contribution < 1.29 is 4.79 Å². The number of hydrogen-bond donors (Lipinski definition) is 1. The smallest absolute Gasteiger partial charge is 0.227 e. The van der Waals surface area contributed by atoms with Gasteiger partial charge in [-0.1, -0.05) is 13.8 Å². The fourth-order valence-electron chi connectivity index (χ4n) is 0.379. The summed E-state index contributed by atoms with van der Waals surface area (Å²) in [6, 6.07) is 0. The van der Waals surface area contributed by atoms with E-state index in [1.165, 1.54) is 0 Å². The zero-order chi connectivity index (χ0) is 8.15. The Hall–Kier alpha value is -0.860. The maximum atomic E-state index is 10.9. The van der Waals surface area contributed by atoms with Crippen LogP contribution in [0.5, 0.6) is 0 Å². The summed E-state index contributed by atoms with van der Waals surface area (Å²) < 4.78 is 0. The molecule has 0 saturated carbocycles. The number of amidine groups is 1. The lowest BCUT2D eigenvalue weighted by molar-refractivity contribution is -0.122. The molecular formula is C7H14N2O. The highest BCUT2D eigenvalue weighted by Crippen LogP contribution is 1.89. The topological polar surface area (TPSA) is 41.5 Å². The Kier molecular flexibility index (Phi) is 3.69. The molecule has 10 heavy (non-hydrogen) atoms. The second-order valence-corrected chi connectivity index (χ2v) is 2.45. The van der Waals surface area contributed by atoms with Gasteiger partial charge < -0.3 is 5.32 Å². The predicted octanol–water partition coefficient (Wildman–Crippen LogP) is 0.807. The molecule has 1 N–H and O–H groups in total. The molecule has 0 unspecified atom stereocenters. The highest BCUT2D eigenvalue weighted by Gasteiger charge is 2.05. The van der Waals surface area contributed by atoms with E-state index >= 15 is 0 Å². The van der Waals surface area contributed by atoms with Crippen LogP contribution in [-0.2, 0) is 4.79 Å². The average molecular weight is 142 g/mol. The van der Waals surface area contributed by atoms with Gasteiger partial charge in [0.25, 0.3) is 0 Å². The summed E-state index contributed by atoms with van der Waals surface area (Å²) in [5, 5.41) is 2.64.